The number of benzene rings is 1. The molecule has 1 aromatic carbocycles. The average molecular weight is 421 g/mol. The molecule has 1 N–H and O–H groups in total. The second kappa shape index (κ2) is 8.79. The number of thioether (sulfide) groups is 1. The molecule has 0 aliphatic carbocycles. The van der Waals surface area contributed by atoms with E-state index in [1.165, 1.54) is 11.8 Å². The lowest BCUT2D eigenvalue weighted by Crippen LogP contribution is -2.25. The SMILES string of the molecule is Cc1cc(NC(=O)CSc2nc3cc(Cl)ccc3c(=O)n2CCC(C)C)no1. The predicted molar refractivity (Wildman–Crippen MR) is 111 cm³/mol. The third-order valence-electron chi connectivity index (χ3n) is 4.04. The van der Waals surface area contributed by atoms with Crippen LogP contribution in [0, 0.1) is 12.8 Å². The number of carbonyl (C=O) groups is 1. The molecule has 0 saturated carbocycles. The van der Waals surface area contributed by atoms with Crippen LogP contribution in [0.3, 0.4) is 0 Å². The predicted octanol–water partition coefficient (Wildman–Crippen LogP) is 4.12. The first-order valence-electron chi connectivity index (χ1n) is 8.89. The summed E-state index contributed by atoms with van der Waals surface area (Å²) in [4.78, 5) is 29.8. The van der Waals surface area contributed by atoms with Crippen molar-refractivity contribution in [1.82, 2.24) is 14.7 Å². The molecule has 3 rings (SSSR count). The van der Waals surface area contributed by atoms with Crippen LogP contribution in [-0.2, 0) is 11.3 Å². The molecule has 0 spiro atoms. The van der Waals surface area contributed by atoms with E-state index in [0.717, 1.165) is 6.42 Å². The van der Waals surface area contributed by atoms with Crippen molar-refractivity contribution in [3.05, 3.63) is 45.4 Å². The molecule has 28 heavy (non-hydrogen) atoms. The summed E-state index contributed by atoms with van der Waals surface area (Å²) >= 11 is 7.26. The highest BCUT2D eigenvalue weighted by molar-refractivity contribution is 7.99. The van der Waals surface area contributed by atoms with Crippen LogP contribution in [0.1, 0.15) is 26.0 Å². The molecule has 1 amide bonds. The number of halogens is 1. The molecule has 3 aromatic rings. The normalized spacial score (nSPS) is 11.3. The number of hydrogen-bond acceptors (Lipinski definition) is 6. The summed E-state index contributed by atoms with van der Waals surface area (Å²) in [6.45, 7) is 6.47. The fourth-order valence-electron chi connectivity index (χ4n) is 2.60. The van der Waals surface area contributed by atoms with Gasteiger partial charge >= 0.3 is 0 Å². The Labute approximate surface area is 171 Å². The zero-order chi connectivity index (χ0) is 20.3. The Bertz CT molecular complexity index is 1060. The summed E-state index contributed by atoms with van der Waals surface area (Å²) < 4.78 is 6.57. The highest BCUT2D eigenvalue weighted by Gasteiger charge is 2.15. The van der Waals surface area contributed by atoms with Gasteiger partial charge < -0.3 is 9.84 Å². The number of nitrogens with one attached hydrogen (secondary N) is 1. The van der Waals surface area contributed by atoms with E-state index in [0.29, 0.717) is 45.1 Å². The number of amides is 1. The van der Waals surface area contributed by atoms with Crippen LogP contribution in [0.4, 0.5) is 5.82 Å². The molecule has 0 radical (unpaired) electrons. The highest BCUT2D eigenvalue weighted by atomic mass is 35.5. The summed E-state index contributed by atoms with van der Waals surface area (Å²) in [6, 6.07) is 6.66. The minimum absolute atomic E-state index is 0.0894. The molecular weight excluding hydrogens is 400 g/mol. The molecule has 0 saturated heterocycles. The van der Waals surface area contributed by atoms with Gasteiger partial charge in [0.15, 0.2) is 11.0 Å². The third-order valence-corrected chi connectivity index (χ3v) is 5.25. The van der Waals surface area contributed by atoms with Crippen molar-refractivity contribution in [2.45, 2.75) is 38.9 Å². The Hall–Kier alpha value is -2.32. The van der Waals surface area contributed by atoms with Gasteiger partial charge in [-0.1, -0.05) is 42.4 Å². The summed E-state index contributed by atoms with van der Waals surface area (Å²) in [7, 11) is 0. The van der Waals surface area contributed by atoms with E-state index in [1.54, 1.807) is 35.8 Å². The molecule has 9 heteroatoms. The Morgan fingerprint density at radius 1 is 1.36 bits per heavy atom. The second-order valence-corrected chi connectivity index (χ2v) is 8.23. The van der Waals surface area contributed by atoms with E-state index >= 15 is 0 Å². The van der Waals surface area contributed by atoms with Crippen LogP contribution >= 0.6 is 23.4 Å². The van der Waals surface area contributed by atoms with Gasteiger partial charge in [0.05, 0.1) is 16.7 Å². The van der Waals surface area contributed by atoms with Crippen molar-refractivity contribution < 1.29 is 9.32 Å². The zero-order valence-corrected chi connectivity index (χ0v) is 17.4. The topological polar surface area (TPSA) is 90.0 Å². The van der Waals surface area contributed by atoms with Crippen LogP contribution in [0.25, 0.3) is 10.9 Å². The van der Waals surface area contributed by atoms with E-state index in [9.17, 15) is 9.59 Å². The molecule has 0 bridgehead atoms. The first kappa shape index (κ1) is 20.4. The monoisotopic (exact) mass is 420 g/mol. The molecule has 2 heterocycles. The van der Waals surface area contributed by atoms with Crippen molar-refractivity contribution in [2.24, 2.45) is 5.92 Å². The quantitative estimate of drug-likeness (QED) is 0.456. The molecule has 0 fully saturated rings. The largest absolute Gasteiger partial charge is 0.360 e. The van der Waals surface area contributed by atoms with Gasteiger partial charge in [-0.3, -0.25) is 14.2 Å². The van der Waals surface area contributed by atoms with E-state index in [4.69, 9.17) is 16.1 Å². The molecule has 0 aliphatic rings. The lowest BCUT2D eigenvalue weighted by Gasteiger charge is -2.14. The standard InChI is InChI=1S/C19H21ClN4O3S/c1-11(2)6-7-24-18(26)14-5-4-13(20)9-15(14)21-19(24)28-10-17(25)22-16-8-12(3)27-23-16/h4-5,8-9,11H,6-7,10H2,1-3H3,(H,22,23,25). The van der Waals surface area contributed by atoms with Crippen molar-refractivity contribution in [3.63, 3.8) is 0 Å². The lowest BCUT2D eigenvalue weighted by atomic mass is 10.1. The van der Waals surface area contributed by atoms with Gasteiger partial charge in [0, 0.05) is 17.6 Å². The number of anilines is 1. The maximum atomic E-state index is 13.0. The third kappa shape index (κ3) is 4.94. The Balaban J connectivity index is 1.85. The van der Waals surface area contributed by atoms with Crippen LogP contribution in [-0.4, -0.2) is 26.4 Å². The van der Waals surface area contributed by atoms with Crippen LogP contribution in [0.15, 0.2) is 38.7 Å². The van der Waals surface area contributed by atoms with Crippen LogP contribution in [0.2, 0.25) is 5.02 Å². The number of aryl methyl sites for hydroxylation is 1. The molecule has 0 unspecified atom stereocenters. The van der Waals surface area contributed by atoms with Gasteiger partial charge in [0.25, 0.3) is 5.56 Å². The fraction of sp³-hybridized carbons (Fsp3) is 0.368. The maximum Gasteiger partial charge on any atom is 0.262 e. The number of nitrogens with zero attached hydrogens (tertiary/aromatic N) is 3. The van der Waals surface area contributed by atoms with E-state index in [-0.39, 0.29) is 17.2 Å². The van der Waals surface area contributed by atoms with Crippen molar-refractivity contribution >= 4 is 46.0 Å². The lowest BCUT2D eigenvalue weighted by molar-refractivity contribution is -0.113. The smallest absolute Gasteiger partial charge is 0.262 e. The van der Waals surface area contributed by atoms with E-state index < -0.39 is 0 Å². The number of aromatic nitrogens is 3. The highest BCUT2D eigenvalue weighted by Crippen LogP contribution is 2.21. The first-order chi connectivity index (χ1) is 13.3. The van der Waals surface area contributed by atoms with Crippen LogP contribution in [0.5, 0.6) is 0 Å². The average Bonchev–Trinajstić information content (AvgIpc) is 3.03. The Kier molecular flexibility index (Phi) is 6.41. The van der Waals surface area contributed by atoms with E-state index in [2.05, 4.69) is 29.3 Å². The van der Waals surface area contributed by atoms with Gasteiger partial charge in [-0.15, -0.1) is 0 Å². The van der Waals surface area contributed by atoms with Gasteiger partial charge in [-0.2, -0.15) is 0 Å². The Morgan fingerprint density at radius 2 is 2.14 bits per heavy atom. The number of rotatable bonds is 7. The summed E-state index contributed by atoms with van der Waals surface area (Å²) in [6.07, 6.45) is 0.832. The molecule has 0 aliphatic heterocycles. The molecule has 7 nitrogen and oxygen atoms in total. The summed E-state index contributed by atoms with van der Waals surface area (Å²) in [5.74, 6) is 1.24. The molecule has 2 aromatic heterocycles. The van der Waals surface area contributed by atoms with Crippen molar-refractivity contribution in [2.75, 3.05) is 11.1 Å². The summed E-state index contributed by atoms with van der Waals surface area (Å²) in [5.41, 5.74) is 0.394. The van der Waals surface area contributed by atoms with Gasteiger partial charge in [0.2, 0.25) is 5.91 Å². The van der Waals surface area contributed by atoms with Crippen molar-refractivity contribution in [3.8, 4) is 0 Å². The molecule has 148 valence electrons. The maximum absolute atomic E-state index is 13.0. The Morgan fingerprint density at radius 3 is 2.82 bits per heavy atom. The minimum atomic E-state index is -0.255. The summed E-state index contributed by atoms with van der Waals surface area (Å²) in [5, 5.41) is 7.92. The fourth-order valence-corrected chi connectivity index (χ4v) is 3.59. The first-order valence-corrected chi connectivity index (χ1v) is 10.3. The van der Waals surface area contributed by atoms with Gasteiger partial charge in [-0.25, -0.2) is 4.98 Å². The van der Waals surface area contributed by atoms with Gasteiger partial charge in [0.1, 0.15) is 5.76 Å². The number of hydrogen-bond donors (Lipinski definition) is 1. The number of fused-ring (bicyclic) bond motifs is 1. The molecular formula is C19H21ClN4O3S. The number of carbonyl (C=O) groups excluding carboxylic acids is 1. The second-order valence-electron chi connectivity index (χ2n) is 6.85. The molecule has 0 atom stereocenters. The van der Waals surface area contributed by atoms with Gasteiger partial charge in [-0.05, 0) is 37.5 Å². The van der Waals surface area contributed by atoms with Crippen LogP contribution < -0.4 is 10.9 Å². The minimum Gasteiger partial charge on any atom is -0.360 e. The zero-order valence-electron chi connectivity index (χ0n) is 15.9. The van der Waals surface area contributed by atoms with Crippen molar-refractivity contribution in [1.29, 1.82) is 0 Å². The van der Waals surface area contributed by atoms with E-state index in [1.807, 2.05) is 0 Å².